The van der Waals surface area contributed by atoms with E-state index in [0.29, 0.717) is 17.1 Å². The summed E-state index contributed by atoms with van der Waals surface area (Å²) in [5.74, 6) is 1.40. The van der Waals surface area contributed by atoms with Crippen LogP contribution in [0.2, 0.25) is 0 Å². The van der Waals surface area contributed by atoms with Gasteiger partial charge in [0.05, 0.1) is 17.8 Å². The molecular formula is C13H10N2O. The van der Waals surface area contributed by atoms with Gasteiger partial charge in [-0.1, -0.05) is 0 Å². The molecule has 0 radical (unpaired) electrons. The third-order valence-electron chi connectivity index (χ3n) is 2.19. The number of aromatic nitrogens is 1. The number of benzene rings is 1. The topological polar surface area (TPSA) is 45.9 Å². The first-order chi connectivity index (χ1) is 7.79. The Labute approximate surface area is 93.9 Å². The molecule has 0 amide bonds. The number of hydrogen-bond donors (Lipinski definition) is 0. The maximum absolute atomic E-state index is 8.80. The fraction of sp³-hybridized carbons (Fsp3) is 0.0769. The van der Waals surface area contributed by atoms with Gasteiger partial charge in [0, 0.05) is 6.20 Å². The molecule has 0 bridgehead atoms. The zero-order chi connectivity index (χ0) is 11.4. The van der Waals surface area contributed by atoms with Gasteiger partial charge in [-0.3, -0.25) is 4.98 Å². The van der Waals surface area contributed by atoms with Crippen LogP contribution in [0.25, 0.3) is 0 Å². The first kappa shape index (κ1) is 10.2. The number of rotatable bonds is 2. The van der Waals surface area contributed by atoms with Crippen molar-refractivity contribution in [1.82, 2.24) is 4.98 Å². The minimum atomic E-state index is 0.665. The highest BCUT2D eigenvalue weighted by atomic mass is 16.5. The lowest BCUT2D eigenvalue weighted by atomic mass is 10.1. The van der Waals surface area contributed by atoms with Crippen molar-refractivity contribution in [2.45, 2.75) is 6.92 Å². The lowest BCUT2D eigenvalue weighted by Crippen LogP contribution is -1.87. The van der Waals surface area contributed by atoms with Crippen LogP contribution in [0.3, 0.4) is 0 Å². The lowest BCUT2D eigenvalue weighted by Gasteiger charge is -2.06. The molecule has 0 aliphatic heterocycles. The van der Waals surface area contributed by atoms with E-state index in [1.807, 2.05) is 25.1 Å². The molecule has 3 nitrogen and oxygen atoms in total. The molecule has 16 heavy (non-hydrogen) atoms. The summed E-state index contributed by atoms with van der Waals surface area (Å²) in [6.07, 6.45) is 3.34. The van der Waals surface area contributed by atoms with E-state index in [4.69, 9.17) is 10.00 Å². The summed E-state index contributed by atoms with van der Waals surface area (Å²) in [6, 6.07) is 11.1. The van der Waals surface area contributed by atoms with Crippen LogP contribution in [-0.2, 0) is 0 Å². The quantitative estimate of drug-likeness (QED) is 0.765. The van der Waals surface area contributed by atoms with Crippen molar-refractivity contribution in [2.75, 3.05) is 0 Å². The van der Waals surface area contributed by atoms with Crippen molar-refractivity contribution in [2.24, 2.45) is 0 Å². The molecule has 0 aliphatic carbocycles. The molecular weight excluding hydrogens is 200 g/mol. The average molecular weight is 210 g/mol. The highest BCUT2D eigenvalue weighted by Gasteiger charge is 2.01. The molecule has 1 heterocycles. The lowest BCUT2D eigenvalue weighted by molar-refractivity contribution is 0.480. The van der Waals surface area contributed by atoms with Gasteiger partial charge in [-0.05, 0) is 42.8 Å². The second-order valence-electron chi connectivity index (χ2n) is 3.38. The van der Waals surface area contributed by atoms with Crippen LogP contribution >= 0.6 is 0 Å². The maximum Gasteiger partial charge on any atom is 0.145 e. The van der Waals surface area contributed by atoms with Gasteiger partial charge in [0.1, 0.15) is 11.5 Å². The molecule has 0 aliphatic rings. The molecule has 0 spiro atoms. The van der Waals surface area contributed by atoms with E-state index in [9.17, 15) is 0 Å². The molecule has 2 rings (SSSR count). The Kier molecular flexibility index (Phi) is 2.84. The Bertz CT molecular complexity index is 529. The van der Waals surface area contributed by atoms with E-state index in [1.54, 1.807) is 24.5 Å². The molecule has 78 valence electrons. The van der Waals surface area contributed by atoms with Gasteiger partial charge in [0.2, 0.25) is 0 Å². The normalized spacial score (nSPS) is 9.50. The fourth-order valence-electron chi connectivity index (χ4n) is 1.37. The third kappa shape index (κ3) is 2.18. The van der Waals surface area contributed by atoms with Crippen molar-refractivity contribution in [3.63, 3.8) is 0 Å². The second kappa shape index (κ2) is 4.45. The van der Waals surface area contributed by atoms with E-state index in [0.717, 1.165) is 5.56 Å². The van der Waals surface area contributed by atoms with Crippen LogP contribution in [0.15, 0.2) is 42.7 Å². The van der Waals surface area contributed by atoms with Crippen molar-refractivity contribution in [3.8, 4) is 17.6 Å². The highest BCUT2D eigenvalue weighted by molar-refractivity contribution is 5.43. The van der Waals surface area contributed by atoms with Crippen molar-refractivity contribution < 1.29 is 4.74 Å². The molecule has 2 aromatic rings. The molecule has 1 aromatic carbocycles. The van der Waals surface area contributed by atoms with Crippen molar-refractivity contribution in [3.05, 3.63) is 53.9 Å². The summed E-state index contributed by atoms with van der Waals surface area (Å²) < 4.78 is 5.59. The zero-order valence-electron chi connectivity index (χ0n) is 8.84. The monoisotopic (exact) mass is 210 g/mol. The van der Waals surface area contributed by atoms with Crippen molar-refractivity contribution in [1.29, 1.82) is 5.26 Å². The predicted octanol–water partition coefficient (Wildman–Crippen LogP) is 3.05. The Morgan fingerprint density at radius 2 is 2.12 bits per heavy atom. The number of hydrogen-bond acceptors (Lipinski definition) is 3. The van der Waals surface area contributed by atoms with E-state index < -0.39 is 0 Å². The number of nitrogens with zero attached hydrogens (tertiary/aromatic N) is 2. The van der Waals surface area contributed by atoms with Gasteiger partial charge in [0.25, 0.3) is 0 Å². The van der Waals surface area contributed by atoms with Gasteiger partial charge in [-0.2, -0.15) is 5.26 Å². The van der Waals surface area contributed by atoms with E-state index >= 15 is 0 Å². The molecule has 0 N–H and O–H groups in total. The summed E-state index contributed by atoms with van der Waals surface area (Å²) >= 11 is 0. The minimum Gasteiger partial charge on any atom is -0.456 e. The molecule has 3 heteroatoms. The molecule has 0 saturated carbocycles. The summed E-state index contributed by atoms with van der Waals surface area (Å²) in [7, 11) is 0. The molecule has 0 saturated heterocycles. The Hall–Kier alpha value is -2.34. The first-order valence-electron chi connectivity index (χ1n) is 4.88. The molecule has 0 atom stereocenters. The van der Waals surface area contributed by atoms with Crippen LogP contribution in [-0.4, -0.2) is 4.98 Å². The SMILES string of the molecule is Cc1cc(Oc2cccnc2)ccc1C#N. The predicted molar refractivity (Wildman–Crippen MR) is 60.2 cm³/mol. The van der Waals surface area contributed by atoms with Gasteiger partial charge >= 0.3 is 0 Å². The smallest absolute Gasteiger partial charge is 0.145 e. The van der Waals surface area contributed by atoms with Gasteiger partial charge in [0.15, 0.2) is 0 Å². The standard InChI is InChI=1S/C13H10N2O/c1-10-7-12(5-4-11(10)8-14)16-13-3-2-6-15-9-13/h2-7,9H,1H3. The fourth-order valence-corrected chi connectivity index (χ4v) is 1.37. The number of aryl methyl sites for hydroxylation is 1. The molecule has 1 aromatic heterocycles. The van der Waals surface area contributed by atoms with Gasteiger partial charge in [-0.15, -0.1) is 0 Å². The molecule has 0 unspecified atom stereocenters. The maximum atomic E-state index is 8.80. The summed E-state index contributed by atoms with van der Waals surface area (Å²) in [5, 5.41) is 8.80. The van der Waals surface area contributed by atoms with E-state index in [-0.39, 0.29) is 0 Å². The van der Waals surface area contributed by atoms with Crippen LogP contribution in [0.5, 0.6) is 11.5 Å². The number of nitriles is 1. The third-order valence-corrected chi connectivity index (χ3v) is 2.19. The zero-order valence-corrected chi connectivity index (χ0v) is 8.84. The number of pyridine rings is 1. The van der Waals surface area contributed by atoms with Crippen LogP contribution < -0.4 is 4.74 Å². The Morgan fingerprint density at radius 3 is 2.75 bits per heavy atom. The second-order valence-corrected chi connectivity index (χ2v) is 3.38. The van der Waals surface area contributed by atoms with Gasteiger partial charge in [-0.25, -0.2) is 0 Å². The largest absolute Gasteiger partial charge is 0.456 e. The average Bonchev–Trinajstić information content (AvgIpc) is 2.31. The van der Waals surface area contributed by atoms with E-state index in [1.165, 1.54) is 0 Å². The highest BCUT2D eigenvalue weighted by Crippen LogP contribution is 2.22. The van der Waals surface area contributed by atoms with Crippen LogP contribution in [0, 0.1) is 18.3 Å². The van der Waals surface area contributed by atoms with Crippen molar-refractivity contribution >= 4 is 0 Å². The number of ether oxygens (including phenoxy) is 1. The summed E-state index contributed by atoms with van der Waals surface area (Å²) in [5.41, 5.74) is 1.57. The molecule has 0 fully saturated rings. The summed E-state index contributed by atoms with van der Waals surface area (Å²) in [4.78, 5) is 3.96. The summed E-state index contributed by atoms with van der Waals surface area (Å²) in [6.45, 7) is 1.88. The van der Waals surface area contributed by atoms with Gasteiger partial charge < -0.3 is 4.74 Å². The van der Waals surface area contributed by atoms with Crippen LogP contribution in [0.4, 0.5) is 0 Å². The first-order valence-corrected chi connectivity index (χ1v) is 4.88. The Morgan fingerprint density at radius 1 is 1.25 bits per heavy atom. The van der Waals surface area contributed by atoms with Crippen LogP contribution in [0.1, 0.15) is 11.1 Å². The minimum absolute atomic E-state index is 0.665. The Balaban J connectivity index is 2.24. The van der Waals surface area contributed by atoms with E-state index in [2.05, 4.69) is 11.1 Å².